The molecular weight excluding hydrogens is 504 g/mol. The zero-order valence-electron chi connectivity index (χ0n) is 20.4. The van der Waals surface area contributed by atoms with Crippen molar-refractivity contribution in [1.29, 1.82) is 0 Å². The van der Waals surface area contributed by atoms with Crippen molar-refractivity contribution in [3.63, 3.8) is 0 Å². The zero-order valence-corrected chi connectivity index (χ0v) is 23.4. The van der Waals surface area contributed by atoms with Crippen molar-refractivity contribution in [3.05, 3.63) is 81.3 Å². The topological polar surface area (TPSA) is 136 Å². The van der Waals surface area contributed by atoms with Crippen LogP contribution in [0.3, 0.4) is 0 Å². The third-order valence-corrected chi connectivity index (χ3v) is 6.16. The van der Waals surface area contributed by atoms with Crippen LogP contribution in [0.5, 0.6) is 11.8 Å². The number of hydrogen-bond donors (Lipinski definition) is 2. The maximum atomic E-state index is 14.9. The van der Waals surface area contributed by atoms with Crippen molar-refractivity contribution in [3.8, 4) is 11.8 Å². The van der Waals surface area contributed by atoms with Crippen LogP contribution in [0, 0.1) is 19.7 Å². The number of ether oxygens (including phenoxy) is 1. The van der Waals surface area contributed by atoms with E-state index in [1.165, 1.54) is 19.3 Å². The largest absolute Gasteiger partial charge is 1.00 e. The minimum atomic E-state index is -3.96. The molecule has 0 spiro atoms. The van der Waals surface area contributed by atoms with E-state index in [0.717, 1.165) is 5.56 Å². The zero-order chi connectivity index (χ0) is 24.5. The first-order valence-corrected chi connectivity index (χ1v) is 11.5. The van der Waals surface area contributed by atoms with Gasteiger partial charge in [0, 0.05) is 49.1 Å². The van der Waals surface area contributed by atoms with Crippen molar-refractivity contribution < 1.29 is 74.8 Å². The molecule has 2 N–H and O–H groups in total. The summed E-state index contributed by atoms with van der Waals surface area (Å²) >= 11 is 0. The van der Waals surface area contributed by atoms with Crippen LogP contribution in [-0.4, -0.2) is 30.4 Å². The van der Waals surface area contributed by atoms with Gasteiger partial charge in [-0.3, -0.25) is 4.72 Å². The number of aromatic nitrogens is 3. The van der Waals surface area contributed by atoms with E-state index >= 15 is 0 Å². The van der Waals surface area contributed by atoms with E-state index < -0.39 is 27.5 Å². The van der Waals surface area contributed by atoms with Crippen LogP contribution in [0.15, 0.2) is 52.1 Å². The van der Waals surface area contributed by atoms with Gasteiger partial charge in [-0.05, 0) is 48.7 Å². The molecule has 1 aromatic carbocycles. The number of nitrogens with one attached hydrogen (secondary N) is 2. The molecule has 0 saturated heterocycles. The third kappa shape index (κ3) is 6.12. The van der Waals surface area contributed by atoms with Crippen LogP contribution in [0.1, 0.15) is 23.7 Å². The minimum absolute atomic E-state index is 0. The Labute approximate surface area is 244 Å². The molecule has 3 heterocycles. The number of rotatable bonds is 7. The van der Waals surface area contributed by atoms with Gasteiger partial charge in [0.25, 0.3) is 10.2 Å². The Hall–Kier alpha value is -2.26. The second-order valence-corrected chi connectivity index (χ2v) is 8.98. The summed E-state index contributed by atoms with van der Waals surface area (Å²) < 4.78 is 53.6. The quantitative estimate of drug-likeness (QED) is 0.256. The van der Waals surface area contributed by atoms with Gasteiger partial charge in [0.2, 0.25) is 0 Å². The Morgan fingerprint density at radius 2 is 1.86 bits per heavy atom. The van der Waals surface area contributed by atoms with Gasteiger partial charge >= 0.3 is 63.0 Å². The van der Waals surface area contributed by atoms with E-state index in [4.69, 9.17) is 9.15 Å². The second kappa shape index (κ2) is 11.2. The van der Waals surface area contributed by atoms with Gasteiger partial charge in [-0.2, -0.15) is 8.42 Å². The van der Waals surface area contributed by atoms with Crippen molar-refractivity contribution in [2.24, 2.45) is 0 Å². The molecule has 10 nitrogen and oxygen atoms in total. The van der Waals surface area contributed by atoms with E-state index in [2.05, 4.69) is 15.0 Å². The summed E-state index contributed by atoms with van der Waals surface area (Å²) in [5.41, 5.74) is 1.31. The van der Waals surface area contributed by atoms with Crippen molar-refractivity contribution in [2.45, 2.75) is 20.3 Å². The number of benzene rings is 1. The Balaban J connectivity index is 0.00000228. The van der Waals surface area contributed by atoms with Crippen LogP contribution < -0.4 is 71.2 Å². The molecule has 0 fully saturated rings. The second-order valence-electron chi connectivity index (χ2n) is 7.36. The van der Waals surface area contributed by atoms with Gasteiger partial charge < -0.3 is 10.6 Å². The number of hydrogen-bond acceptors (Lipinski definition) is 8. The van der Waals surface area contributed by atoms with Crippen LogP contribution in [0.25, 0.3) is 11.0 Å². The fraction of sp³-hybridized carbons (Fsp3) is 0.182. The van der Waals surface area contributed by atoms with Crippen LogP contribution in [-0.2, 0) is 16.6 Å². The van der Waals surface area contributed by atoms with Gasteiger partial charge in [0.1, 0.15) is 11.3 Å². The summed E-state index contributed by atoms with van der Waals surface area (Å²) in [5, 5.41) is 0.652. The number of nitrogens with zero attached hydrogens (tertiary/aromatic N) is 3. The smallest absolute Gasteiger partial charge is 1.00 e. The Kier molecular flexibility index (Phi) is 8.75. The van der Waals surface area contributed by atoms with E-state index in [9.17, 15) is 17.6 Å². The summed E-state index contributed by atoms with van der Waals surface area (Å²) in [6.45, 7) is 3.56. The molecule has 4 rings (SSSR count). The Morgan fingerprint density at radius 3 is 2.54 bits per heavy atom. The molecule has 0 aliphatic rings. The monoisotopic (exact) mass is 525 g/mol. The van der Waals surface area contributed by atoms with E-state index in [1.54, 1.807) is 37.5 Å². The molecule has 0 atom stereocenters. The molecule has 0 saturated carbocycles. The van der Waals surface area contributed by atoms with Crippen LogP contribution in [0.2, 0.25) is 0 Å². The normalized spacial score (nSPS) is 11.2. The molecule has 0 aliphatic heterocycles. The van der Waals surface area contributed by atoms with Crippen molar-refractivity contribution >= 4 is 27.0 Å². The molecule has 0 amide bonds. The third-order valence-electron chi connectivity index (χ3n) is 5.16. The first-order valence-electron chi connectivity index (χ1n) is 10.0. The summed E-state index contributed by atoms with van der Waals surface area (Å²) in [4.78, 5) is 24.6. The predicted molar refractivity (Wildman–Crippen MR) is 124 cm³/mol. The fourth-order valence-electron chi connectivity index (χ4n) is 3.34. The van der Waals surface area contributed by atoms with Gasteiger partial charge in [-0.1, -0.05) is 0 Å². The fourth-order valence-corrected chi connectivity index (χ4v) is 3.83. The number of aryl methyl sites for hydroxylation is 2. The van der Waals surface area contributed by atoms with Gasteiger partial charge in [0.15, 0.2) is 11.6 Å². The summed E-state index contributed by atoms with van der Waals surface area (Å²) in [6, 6.07) is 6.56. The molecular formula is C22H21FKN5O5S. The van der Waals surface area contributed by atoms with E-state index in [-0.39, 0.29) is 76.4 Å². The SMILES string of the molecule is CNS(=O)(=O)Nc1nccc(Cc2c(C)c3cc(C)c(Oc4ncccn4)cc3oc2=O)c1F.[H-].[K+]. The molecule has 3 aromatic heterocycles. The number of pyridine rings is 1. The minimum Gasteiger partial charge on any atom is -1.00 e. The Morgan fingerprint density at radius 1 is 1.14 bits per heavy atom. The number of fused-ring (bicyclic) bond motifs is 1. The van der Waals surface area contributed by atoms with Gasteiger partial charge in [-0.25, -0.2) is 28.9 Å². The maximum Gasteiger partial charge on any atom is 1.00 e. The molecule has 178 valence electrons. The first-order chi connectivity index (χ1) is 16.2. The number of halogens is 1. The molecule has 0 bridgehead atoms. The molecule has 0 unspecified atom stereocenters. The molecule has 13 heteroatoms. The van der Waals surface area contributed by atoms with Gasteiger partial charge in [0.05, 0.1) is 0 Å². The summed E-state index contributed by atoms with van der Waals surface area (Å²) in [7, 11) is -2.79. The number of anilines is 1. The summed E-state index contributed by atoms with van der Waals surface area (Å²) in [5.74, 6) is -0.936. The van der Waals surface area contributed by atoms with Crippen molar-refractivity contribution in [1.82, 2.24) is 19.7 Å². The predicted octanol–water partition coefficient (Wildman–Crippen LogP) is 0.110. The molecule has 35 heavy (non-hydrogen) atoms. The van der Waals surface area contributed by atoms with Crippen LogP contribution in [0.4, 0.5) is 10.2 Å². The maximum absolute atomic E-state index is 14.9. The van der Waals surface area contributed by atoms with Crippen molar-refractivity contribution in [2.75, 3.05) is 11.8 Å². The Bertz CT molecular complexity index is 1550. The average molecular weight is 526 g/mol. The van der Waals surface area contributed by atoms with Gasteiger partial charge in [-0.15, -0.1) is 0 Å². The summed E-state index contributed by atoms with van der Waals surface area (Å²) in [6.07, 6.45) is 4.22. The van der Waals surface area contributed by atoms with E-state index in [0.29, 0.717) is 22.3 Å². The average Bonchev–Trinajstić information content (AvgIpc) is 2.81. The van der Waals surface area contributed by atoms with Crippen LogP contribution >= 0.6 is 0 Å². The molecule has 0 radical (unpaired) electrons. The first kappa shape index (κ1) is 27.3. The molecule has 4 aromatic rings. The standard InChI is InChI=1S/C22H20FN5O5S.K.H/c1-12-9-15-13(2)16(10-14-5-8-25-20(19(14)23)28-34(30,31)24-3)21(29)32-18(15)11-17(12)33-22-26-6-4-7-27-22;;/h4-9,11,24H,10H2,1-3H3,(H,25,28);;/q;+1;-1. The molecule has 0 aliphatic carbocycles. The van der Waals surface area contributed by atoms with E-state index in [1.807, 2.05) is 16.4 Å².